The van der Waals surface area contributed by atoms with Crippen molar-refractivity contribution in [2.24, 2.45) is 0 Å². The van der Waals surface area contributed by atoms with Gasteiger partial charge in [0.25, 0.3) is 0 Å². The van der Waals surface area contributed by atoms with E-state index in [2.05, 4.69) is 21.0 Å². The number of nitrogens with zero attached hydrogens (tertiary/aromatic N) is 2. The molecule has 0 atom stereocenters. The van der Waals surface area contributed by atoms with Gasteiger partial charge in [-0.2, -0.15) is 5.26 Å². The van der Waals surface area contributed by atoms with Gasteiger partial charge in [-0.05, 0) is 24.3 Å². The number of benzene rings is 2. The molecule has 0 aliphatic heterocycles. The summed E-state index contributed by atoms with van der Waals surface area (Å²) in [6, 6.07) is 15.8. The standard InChI is InChI=1S/C19H14N4O/c1-24-14-6-7-17-18(9-14)23-19(22-17)12(10-20)8-13-11-21-16-5-3-2-4-15(13)16/h2-9,11,21H,1H3,(H,22,23). The molecule has 0 bridgehead atoms. The van der Waals surface area contributed by atoms with E-state index in [4.69, 9.17) is 4.74 Å². The number of rotatable bonds is 3. The van der Waals surface area contributed by atoms with Crippen molar-refractivity contribution in [1.29, 1.82) is 5.26 Å². The first-order valence-corrected chi connectivity index (χ1v) is 7.50. The summed E-state index contributed by atoms with van der Waals surface area (Å²) in [6.07, 6.45) is 3.74. The van der Waals surface area contributed by atoms with Gasteiger partial charge < -0.3 is 14.7 Å². The van der Waals surface area contributed by atoms with Crippen molar-refractivity contribution in [2.75, 3.05) is 7.11 Å². The van der Waals surface area contributed by atoms with Crippen LogP contribution in [0.5, 0.6) is 5.75 Å². The lowest BCUT2D eigenvalue weighted by atomic mass is 10.1. The second-order valence-corrected chi connectivity index (χ2v) is 5.43. The monoisotopic (exact) mass is 314 g/mol. The quantitative estimate of drug-likeness (QED) is 0.558. The van der Waals surface area contributed by atoms with Crippen LogP contribution in [-0.4, -0.2) is 22.1 Å². The minimum atomic E-state index is 0.481. The smallest absolute Gasteiger partial charge is 0.149 e. The van der Waals surface area contributed by atoms with Crippen LogP contribution in [0, 0.1) is 11.3 Å². The van der Waals surface area contributed by atoms with Gasteiger partial charge in [-0.25, -0.2) is 4.98 Å². The third-order valence-corrected chi connectivity index (χ3v) is 3.99. The van der Waals surface area contributed by atoms with E-state index in [0.29, 0.717) is 11.4 Å². The molecule has 2 aromatic heterocycles. The van der Waals surface area contributed by atoms with Gasteiger partial charge in [-0.3, -0.25) is 0 Å². The number of ether oxygens (including phenoxy) is 1. The van der Waals surface area contributed by atoms with Gasteiger partial charge >= 0.3 is 0 Å². The Kier molecular flexibility index (Phi) is 3.29. The van der Waals surface area contributed by atoms with Gasteiger partial charge in [0, 0.05) is 28.7 Å². The van der Waals surface area contributed by atoms with Crippen molar-refractivity contribution >= 4 is 33.6 Å². The second-order valence-electron chi connectivity index (χ2n) is 5.43. The first-order chi connectivity index (χ1) is 11.8. The Balaban J connectivity index is 1.82. The fourth-order valence-corrected chi connectivity index (χ4v) is 2.77. The number of hydrogen-bond acceptors (Lipinski definition) is 3. The SMILES string of the molecule is COc1ccc2nc(C(C#N)=Cc3c[nH]c4ccccc34)[nH]c2c1. The van der Waals surface area contributed by atoms with Gasteiger partial charge in [0.05, 0.1) is 23.7 Å². The Morgan fingerprint density at radius 3 is 2.92 bits per heavy atom. The summed E-state index contributed by atoms with van der Waals surface area (Å²) >= 11 is 0. The lowest BCUT2D eigenvalue weighted by Gasteiger charge is -1.96. The fourth-order valence-electron chi connectivity index (χ4n) is 2.77. The minimum Gasteiger partial charge on any atom is -0.497 e. The Bertz CT molecular complexity index is 1110. The van der Waals surface area contributed by atoms with E-state index in [1.54, 1.807) is 7.11 Å². The average Bonchev–Trinajstić information content (AvgIpc) is 3.22. The van der Waals surface area contributed by atoms with Crippen LogP contribution in [0.15, 0.2) is 48.7 Å². The molecule has 116 valence electrons. The van der Waals surface area contributed by atoms with Crippen LogP contribution in [0.4, 0.5) is 0 Å². The Hall–Kier alpha value is -3.52. The van der Waals surface area contributed by atoms with Crippen molar-refractivity contribution in [1.82, 2.24) is 15.0 Å². The highest BCUT2D eigenvalue weighted by atomic mass is 16.5. The van der Waals surface area contributed by atoms with E-state index in [1.165, 1.54) is 0 Å². The predicted molar refractivity (Wildman–Crippen MR) is 94.4 cm³/mol. The maximum absolute atomic E-state index is 9.56. The summed E-state index contributed by atoms with van der Waals surface area (Å²) < 4.78 is 5.22. The molecule has 24 heavy (non-hydrogen) atoms. The molecule has 0 saturated heterocycles. The van der Waals surface area contributed by atoms with Crippen molar-refractivity contribution in [3.63, 3.8) is 0 Å². The molecule has 0 radical (unpaired) electrons. The van der Waals surface area contributed by atoms with Crippen molar-refractivity contribution in [2.45, 2.75) is 0 Å². The van der Waals surface area contributed by atoms with Crippen LogP contribution in [0.2, 0.25) is 0 Å². The number of imidazole rings is 1. The molecule has 0 fully saturated rings. The molecule has 4 rings (SSSR count). The maximum Gasteiger partial charge on any atom is 0.149 e. The molecule has 0 aliphatic rings. The molecule has 0 aliphatic carbocycles. The van der Waals surface area contributed by atoms with Gasteiger partial charge in [-0.15, -0.1) is 0 Å². The van der Waals surface area contributed by atoms with Crippen molar-refractivity contribution < 1.29 is 4.74 Å². The number of aromatic amines is 2. The molecule has 0 spiro atoms. The van der Waals surface area contributed by atoms with E-state index < -0.39 is 0 Å². The van der Waals surface area contributed by atoms with E-state index in [1.807, 2.05) is 54.7 Å². The van der Waals surface area contributed by atoms with Crippen LogP contribution in [0.3, 0.4) is 0 Å². The summed E-state index contributed by atoms with van der Waals surface area (Å²) in [4.78, 5) is 10.9. The molecule has 0 saturated carbocycles. The third kappa shape index (κ3) is 2.31. The van der Waals surface area contributed by atoms with Gasteiger partial charge in [-0.1, -0.05) is 18.2 Å². The van der Waals surface area contributed by atoms with Gasteiger partial charge in [0.2, 0.25) is 0 Å². The predicted octanol–water partition coefficient (Wildman–Crippen LogP) is 4.12. The third-order valence-electron chi connectivity index (χ3n) is 3.99. The summed E-state index contributed by atoms with van der Waals surface area (Å²) in [5, 5.41) is 10.6. The molecular formula is C19H14N4O. The van der Waals surface area contributed by atoms with E-state index in [9.17, 15) is 5.26 Å². The summed E-state index contributed by atoms with van der Waals surface area (Å²) in [5.74, 6) is 1.29. The van der Waals surface area contributed by atoms with E-state index >= 15 is 0 Å². The first kappa shape index (κ1) is 14.1. The lowest BCUT2D eigenvalue weighted by molar-refractivity contribution is 0.415. The van der Waals surface area contributed by atoms with Crippen LogP contribution >= 0.6 is 0 Å². The number of methoxy groups -OCH3 is 1. The van der Waals surface area contributed by atoms with Gasteiger partial charge in [0.1, 0.15) is 17.6 Å². The van der Waals surface area contributed by atoms with Crippen LogP contribution in [0.1, 0.15) is 11.4 Å². The number of allylic oxidation sites excluding steroid dienone is 1. The first-order valence-electron chi connectivity index (χ1n) is 7.50. The van der Waals surface area contributed by atoms with E-state index in [-0.39, 0.29) is 0 Å². The molecule has 0 amide bonds. The summed E-state index contributed by atoms with van der Waals surface area (Å²) in [6.45, 7) is 0. The highest BCUT2D eigenvalue weighted by molar-refractivity contribution is 5.97. The lowest BCUT2D eigenvalue weighted by Crippen LogP contribution is -1.84. The molecule has 4 aromatic rings. The number of para-hydroxylation sites is 1. The number of hydrogen-bond donors (Lipinski definition) is 2. The maximum atomic E-state index is 9.56. The van der Waals surface area contributed by atoms with Crippen molar-refractivity contribution in [3.8, 4) is 11.8 Å². The highest BCUT2D eigenvalue weighted by Crippen LogP contribution is 2.25. The molecule has 2 heterocycles. The second kappa shape index (κ2) is 5.60. The number of H-pyrrole nitrogens is 2. The number of fused-ring (bicyclic) bond motifs is 2. The average molecular weight is 314 g/mol. The Labute approximate surface area is 138 Å². The Morgan fingerprint density at radius 1 is 1.21 bits per heavy atom. The molecule has 2 N–H and O–H groups in total. The topological polar surface area (TPSA) is 77.5 Å². The minimum absolute atomic E-state index is 0.481. The number of nitriles is 1. The summed E-state index contributed by atoms with van der Waals surface area (Å²) in [5.41, 5.74) is 4.11. The highest BCUT2D eigenvalue weighted by Gasteiger charge is 2.10. The fraction of sp³-hybridized carbons (Fsp3) is 0.0526. The van der Waals surface area contributed by atoms with Crippen LogP contribution in [0.25, 0.3) is 33.6 Å². The zero-order chi connectivity index (χ0) is 16.5. The zero-order valence-electron chi connectivity index (χ0n) is 13.0. The normalized spacial score (nSPS) is 11.8. The van der Waals surface area contributed by atoms with Crippen molar-refractivity contribution in [3.05, 3.63) is 60.0 Å². The Morgan fingerprint density at radius 2 is 2.08 bits per heavy atom. The summed E-state index contributed by atoms with van der Waals surface area (Å²) in [7, 11) is 1.62. The molecule has 0 unspecified atom stereocenters. The molecular weight excluding hydrogens is 300 g/mol. The molecule has 2 aromatic carbocycles. The van der Waals surface area contributed by atoms with Crippen LogP contribution < -0.4 is 4.74 Å². The molecule has 5 heteroatoms. The zero-order valence-corrected chi connectivity index (χ0v) is 13.0. The number of nitrogens with one attached hydrogen (secondary N) is 2. The largest absolute Gasteiger partial charge is 0.497 e. The number of aromatic nitrogens is 3. The van der Waals surface area contributed by atoms with Crippen LogP contribution in [-0.2, 0) is 0 Å². The van der Waals surface area contributed by atoms with Gasteiger partial charge in [0.15, 0.2) is 0 Å². The van der Waals surface area contributed by atoms with E-state index in [0.717, 1.165) is 33.2 Å². The molecule has 5 nitrogen and oxygen atoms in total.